The van der Waals surface area contributed by atoms with Gasteiger partial charge in [-0.3, -0.25) is 10.1 Å². The Hall–Kier alpha value is -2.09. The van der Waals surface area contributed by atoms with Gasteiger partial charge in [-0.05, 0) is 18.4 Å². The molecule has 17 heavy (non-hydrogen) atoms. The van der Waals surface area contributed by atoms with Crippen LogP contribution >= 0.6 is 0 Å². The first kappa shape index (κ1) is 13.0. The van der Waals surface area contributed by atoms with Crippen LogP contribution in [0, 0.1) is 27.4 Å². The predicted molar refractivity (Wildman–Crippen MR) is 62.8 cm³/mol. The molecule has 0 amide bonds. The van der Waals surface area contributed by atoms with Crippen LogP contribution in [0.25, 0.3) is 0 Å². The number of nitrogens with zero attached hydrogens (tertiary/aromatic N) is 2. The summed E-state index contributed by atoms with van der Waals surface area (Å²) in [5.74, 6) is 1.02. The number of nitro benzene ring substituents is 1. The smallest absolute Gasteiger partial charge is 0.287 e. The Morgan fingerprint density at radius 2 is 2.24 bits per heavy atom. The lowest BCUT2D eigenvalue weighted by molar-refractivity contribution is -0.385. The van der Waals surface area contributed by atoms with Crippen LogP contribution in [0.15, 0.2) is 18.2 Å². The summed E-state index contributed by atoms with van der Waals surface area (Å²) in [6.45, 7) is 4.71. The summed E-state index contributed by atoms with van der Waals surface area (Å²) >= 11 is 0. The first-order valence-corrected chi connectivity index (χ1v) is 5.36. The molecule has 5 heteroatoms. The van der Waals surface area contributed by atoms with Crippen LogP contribution in [-0.2, 0) is 0 Å². The largest absolute Gasteiger partial charge is 0.494 e. The maximum atomic E-state index is 10.6. The third-order valence-corrected chi connectivity index (χ3v) is 2.25. The molecule has 0 radical (unpaired) electrons. The molecule has 0 saturated heterocycles. The molecule has 0 fully saturated rings. The summed E-state index contributed by atoms with van der Waals surface area (Å²) in [4.78, 5) is 10.0. The molecule has 0 heterocycles. The quantitative estimate of drug-likeness (QED) is 0.579. The van der Waals surface area contributed by atoms with E-state index >= 15 is 0 Å². The highest BCUT2D eigenvalue weighted by Gasteiger charge is 2.14. The van der Waals surface area contributed by atoms with Crippen molar-refractivity contribution in [1.82, 2.24) is 0 Å². The van der Waals surface area contributed by atoms with E-state index in [9.17, 15) is 10.1 Å². The fourth-order valence-electron chi connectivity index (χ4n) is 1.27. The molecule has 0 saturated carbocycles. The van der Waals surface area contributed by atoms with Crippen LogP contribution in [0.1, 0.15) is 25.8 Å². The number of hydrogen-bond acceptors (Lipinski definition) is 4. The molecular weight excluding hydrogens is 220 g/mol. The van der Waals surface area contributed by atoms with Crippen molar-refractivity contribution in [2.75, 3.05) is 6.61 Å². The molecular formula is C12H14N2O3. The first-order chi connectivity index (χ1) is 8.04. The normalized spacial score (nSPS) is 10.0. The highest BCUT2D eigenvalue weighted by atomic mass is 16.6. The van der Waals surface area contributed by atoms with Crippen LogP contribution in [0.3, 0.4) is 0 Å². The zero-order chi connectivity index (χ0) is 12.8. The average Bonchev–Trinajstić information content (AvgIpc) is 2.28. The van der Waals surface area contributed by atoms with Gasteiger partial charge in [-0.25, -0.2) is 0 Å². The van der Waals surface area contributed by atoms with Crippen molar-refractivity contribution in [3.8, 4) is 11.8 Å². The van der Waals surface area contributed by atoms with E-state index in [0.717, 1.165) is 6.42 Å². The summed E-state index contributed by atoms with van der Waals surface area (Å²) in [6, 6.07) is 6.00. The number of hydrogen-bond donors (Lipinski definition) is 0. The van der Waals surface area contributed by atoms with Crippen molar-refractivity contribution in [3.05, 3.63) is 33.9 Å². The molecule has 1 rings (SSSR count). The van der Waals surface area contributed by atoms with Gasteiger partial charge in [0, 0.05) is 12.1 Å². The monoisotopic (exact) mass is 234 g/mol. The van der Waals surface area contributed by atoms with Crippen LogP contribution in [0.5, 0.6) is 5.75 Å². The van der Waals surface area contributed by atoms with Gasteiger partial charge in [-0.2, -0.15) is 5.26 Å². The highest BCUT2D eigenvalue weighted by molar-refractivity contribution is 5.52. The lowest BCUT2D eigenvalue weighted by Gasteiger charge is -2.08. The molecule has 0 N–H and O–H groups in total. The highest BCUT2D eigenvalue weighted by Crippen LogP contribution is 2.23. The van der Waals surface area contributed by atoms with E-state index in [1.807, 2.05) is 0 Å². The minimum Gasteiger partial charge on any atom is -0.494 e. The Balaban J connectivity index is 2.77. The lowest BCUT2D eigenvalue weighted by Crippen LogP contribution is -2.02. The predicted octanol–water partition coefficient (Wildman–Crippen LogP) is 2.89. The standard InChI is InChI=1S/C12H14N2O3/c1-9(2)5-6-17-11-3-4-12(14(15)16)10(7-11)8-13/h3-4,7,9H,5-6H2,1-2H3. The Kier molecular flexibility index (Phi) is 4.46. The van der Waals surface area contributed by atoms with Crippen LogP contribution in [0.2, 0.25) is 0 Å². The fourth-order valence-corrected chi connectivity index (χ4v) is 1.27. The lowest BCUT2D eigenvalue weighted by atomic mass is 10.1. The van der Waals surface area contributed by atoms with Gasteiger partial charge in [-0.15, -0.1) is 0 Å². The van der Waals surface area contributed by atoms with Gasteiger partial charge in [-0.1, -0.05) is 13.8 Å². The van der Waals surface area contributed by atoms with Gasteiger partial charge in [0.15, 0.2) is 0 Å². The second-order valence-corrected chi connectivity index (χ2v) is 4.08. The summed E-state index contributed by atoms with van der Waals surface area (Å²) in [7, 11) is 0. The van der Waals surface area contributed by atoms with E-state index in [1.54, 1.807) is 6.07 Å². The molecule has 0 atom stereocenters. The average molecular weight is 234 g/mol. The SMILES string of the molecule is CC(C)CCOc1ccc([N+](=O)[O-])c(C#N)c1. The van der Waals surface area contributed by atoms with E-state index in [1.165, 1.54) is 18.2 Å². The van der Waals surface area contributed by atoms with Crippen molar-refractivity contribution < 1.29 is 9.66 Å². The number of benzene rings is 1. The van der Waals surface area contributed by atoms with Crippen LogP contribution < -0.4 is 4.74 Å². The molecule has 0 aromatic heterocycles. The summed E-state index contributed by atoms with van der Waals surface area (Å²) in [6.07, 6.45) is 0.902. The van der Waals surface area contributed by atoms with Crippen molar-refractivity contribution in [1.29, 1.82) is 5.26 Å². The van der Waals surface area contributed by atoms with Gasteiger partial charge in [0.1, 0.15) is 17.4 Å². The molecule has 5 nitrogen and oxygen atoms in total. The summed E-state index contributed by atoms with van der Waals surface area (Å²) in [5.41, 5.74) is -0.166. The molecule has 1 aromatic carbocycles. The van der Waals surface area contributed by atoms with E-state index in [0.29, 0.717) is 18.3 Å². The van der Waals surface area contributed by atoms with Crippen LogP contribution in [0.4, 0.5) is 5.69 Å². The molecule has 0 aliphatic carbocycles. The van der Waals surface area contributed by atoms with E-state index in [-0.39, 0.29) is 11.3 Å². The minimum absolute atomic E-state index is 0.0250. The molecule has 90 valence electrons. The van der Waals surface area contributed by atoms with E-state index in [2.05, 4.69) is 13.8 Å². The number of ether oxygens (including phenoxy) is 1. The number of nitriles is 1. The Morgan fingerprint density at radius 1 is 1.53 bits per heavy atom. The minimum atomic E-state index is -0.573. The van der Waals surface area contributed by atoms with Crippen molar-refractivity contribution in [2.45, 2.75) is 20.3 Å². The zero-order valence-corrected chi connectivity index (χ0v) is 9.84. The molecule has 0 bridgehead atoms. The van der Waals surface area contributed by atoms with E-state index in [4.69, 9.17) is 10.00 Å². The topological polar surface area (TPSA) is 76.2 Å². The molecule has 0 unspecified atom stereocenters. The van der Waals surface area contributed by atoms with E-state index < -0.39 is 4.92 Å². The summed E-state index contributed by atoms with van der Waals surface area (Å²) in [5, 5.41) is 19.4. The Labute approximate surface area is 99.8 Å². The van der Waals surface area contributed by atoms with Crippen molar-refractivity contribution in [2.24, 2.45) is 5.92 Å². The van der Waals surface area contributed by atoms with Gasteiger partial charge in [0.05, 0.1) is 11.5 Å². The first-order valence-electron chi connectivity index (χ1n) is 5.36. The second-order valence-electron chi connectivity index (χ2n) is 4.08. The molecule has 0 aliphatic rings. The summed E-state index contributed by atoms with van der Waals surface area (Å²) < 4.78 is 5.42. The third-order valence-electron chi connectivity index (χ3n) is 2.25. The van der Waals surface area contributed by atoms with Crippen molar-refractivity contribution in [3.63, 3.8) is 0 Å². The third kappa shape index (κ3) is 3.76. The number of rotatable bonds is 5. The van der Waals surface area contributed by atoms with Gasteiger partial charge in [0.2, 0.25) is 0 Å². The van der Waals surface area contributed by atoms with Gasteiger partial charge >= 0.3 is 0 Å². The van der Waals surface area contributed by atoms with Gasteiger partial charge in [0.25, 0.3) is 5.69 Å². The van der Waals surface area contributed by atoms with Crippen molar-refractivity contribution >= 4 is 5.69 Å². The zero-order valence-electron chi connectivity index (χ0n) is 9.84. The Morgan fingerprint density at radius 3 is 2.76 bits per heavy atom. The fraction of sp³-hybridized carbons (Fsp3) is 0.417. The van der Waals surface area contributed by atoms with Gasteiger partial charge < -0.3 is 4.74 Å². The Bertz CT molecular complexity index is 450. The maximum absolute atomic E-state index is 10.6. The molecule has 1 aromatic rings. The maximum Gasteiger partial charge on any atom is 0.287 e. The second kappa shape index (κ2) is 5.85. The molecule has 0 spiro atoms. The van der Waals surface area contributed by atoms with Crippen LogP contribution in [-0.4, -0.2) is 11.5 Å². The number of nitro groups is 1. The molecule has 0 aliphatic heterocycles.